The summed E-state index contributed by atoms with van der Waals surface area (Å²) in [4.78, 5) is 26.1. The van der Waals surface area contributed by atoms with E-state index in [0.717, 1.165) is 10.5 Å². The summed E-state index contributed by atoms with van der Waals surface area (Å²) < 4.78 is 18.3. The first-order valence-electron chi connectivity index (χ1n) is 8.57. The van der Waals surface area contributed by atoms with Crippen molar-refractivity contribution in [1.29, 1.82) is 0 Å². The van der Waals surface area contributed by atoms with E-state index < -0.39 is 29.4 Å². The first kappa shape index (κ1) is 18.8. The summed E-state index contributed by atoms with van der Waals surface area (Å²) in [5.41, 5.74) is 0.540. The SMILES string of the molecule is Cc1ccc([C@]2(C)NC(=O)N(C[C@H](O)COc3ccc(F)cc3)C2=O)cc1. The Morgan fingerprint density at radius 3 is 2.41 bits per heavy atom. The van der Waals surface area contributed by atoms with Crippen LogP contribution >= 0.6 is 0 Å². The number of ether oxygens (including phenoxy) is 1. The second-order valence-corrected chi connectivity index (χ2v) is 6.76. The lowest BCUT2D eigenvalue weighted by Crippen LogP contribution is -2.42. The standard InChI is InChI=1S/C20H21FN2O4/c1-13-3-5-14(6-4-13)20(2)18(25)23(19(26)22-20)11-16(24)12-27-17-9-7-15(21)8-10-17/h3-10,16,24H,11-12H2,1-2H3,(H,22,26)/t16-,20-/m0/s1. The number of hydrogen-bond acceptors (Lipinski definition) is 4. The number of aliphatic hydroxyl groups excluding tert-OH is 1. The molecule has 1 saturated heterocycles. The van der Waals surface area contributed by atoms with Crippen LogP contribution in [0.3, 0.4) is 0 Å². The molecule has 1 fully saturated rings. The molecule has 2 N–H and O–H groups in total. The van der Waals surface area contributed by atoms with E-state index in [1.165, 1.54) is 24.3 Å². The Labute approximate surface area is 156 Å². The monoisotopic (exact) mass is 372 g/mol. The van der Waals surface area contributed by atoms with Gasteiger partial charge in [0.15, 0.2) is 0 Å². The van der Waals surface area contributed by atoms with Gasteiger partial charge in [0.2, 0.25) is 0 Å². The molecule has 0 unspecified atom stereocenters. The molecule has 0 bridgehead atoms. The number of amides is 3. The fraction of sp³-hybridized carbons (Fsp3) is 0.300. The number of urea groups is 1. The lowest BCUT2D eigenvalue weighted by atomic mass is 9.91. The Bertz CT molecular complexity index is 838. The van der Waals surface area contributed by atoms with E-state index in [0.29, 0.717) is 11.3 Å². The van der Waals surface area contributed by atoms with Gasteiger partial charge in [0.1, 0.15) is 29.8 Å². The highest BCUT2D eigenvalue weighted by molar-refractivity contribution is 6.07. The van der Waals surface area contributed by atoms with Crippen LogP contribution in [0.2, 0.25) is 0 Å². The molecular weight excluding hydrogens is 351 g/mol. The number of nitrogens with one attached hydrogen (secondary N) is 1. The molecular formula is C20H21FN2O4. The molecule has 27 heavy (non-hydrogen) atoms. The zero-order valence-electron chi connectivity index (χ0n) is 15.1. The van der Waals surface area contributed by atoms with Crippen molar-refractivity contribution in [1.82, 2.24) is 10.2 Å². The van der Waals surface area contributed by atoms with Gasteiger partial charge in [-0.25, -0.2) is 9.18 Å². The van der Waals surface area contributed by atoms with Gasteiger partial charge in [0.05, 0.1) is 6.54 Å². The minimum absolute atomic E-state index is 0.135. The maximum Gasteiger partial charge on any atom is 0.325 e. The number of imide groups is 1. The largest absolute Gasteiger partial charge is 0.491 e. The predicted molar refractivity (Wildman–Crippen MR) is 96.7 cm³/mol. The average Bonchev–Trinajstić information content (AvgIpc) is 2.86. The molecule has 3 amide bonds. The van der Waals surface area contributed by atoms with Crippen molar-refractivity contribution in [2.24, 2.45) is 0 Å². The number of aliphatic hydroxyl groups is 1. The number of β-amino-alcohol motifs (C(OH)–C–C–N with tert-alkyl or cyclic N) is 1. The third-order valence-corrected chi connectivity index (χ3v) is 4.55. The normalized spacial score (nSPS) is 20.5. The second kappa shape index (κ2) is 7.36. The molecule has 0 aromatic heterocycles. The summed E-state index contributed by atoms with van der Waals surface area (Å²) in [7, 11) is 0. The summed E-state index contributed by atoms with van der Waals surface area (Å²) in [6.07, 6.45) is -1.08. The molecule has 0 spiro atoms. The summed E-state index contributed by atoms with van der Waals surface area (Å²) >= 11 is 0. The van der Waals surface area contributed by atoms with E-state index in [9.17, 15) is 19.1 Å². The number of carbonyl (C=O) groups excluding carboxylic acids is 2. The minimum atomic E-state index is -1.18. The Morgan fingerprint density at radius 2 is 1.78 bits per heavy atom. The quantitative estimate of drug-likeness (QED) is 0.763. The van der Waals surface area contributed by atoms with Crippen molar-refractivity contribution in [3.8, 4) is 5.75 Å². The number of rotatable bonds is 6. The minimum Gasteiger partial charge on any atom is -0.491 e. The van der Waals surface area contributed by atoms with Gasteiger partial charge >= 0.3 is 6.03 Å². The Hall–Kier alpha value is -2.93. The molecule has 1 aliphatic rings. The second-order valence-electron chi connectivity index (χ2n) is 6.76. The molecule has 2 aromatic carbocycles. The van der Waals surface area contributed by atoms with Gasteiger partial charge in [-0.2, -0.15) is 0 Å². The number of aryl methyl sites for hydroxylation is 1. The van der Waals surface area contributed by atoms with E-state index in [1.807, 2.05) is 19.1 Å². The van der Waals surface area contributed by atoms with Crippen LogP contribution in [-0.2, 0) is 10.3 Å². The van der Waals surface area contributed by atoms with E-state index >= 15 is 0 Å². The van der Waals surface area contributed by atoms with E-state index in [-0.39, 0.29) is 13.2 Å². The van der Waals surface area contributed by atoms with Crippen molar-refractivity contribution in [3.05, 3.63) is 65.5 Å². The van der Waals surface area contributed by atoms with Gasteiger partial charge in [-0.1, -0.05) is 29.8 Å². The van der Waals surface area contributed by atoms with Gasteiger partial charge in [-0.3, -0.25) is 9.69 Å². The average molecular weight is 372 g/mol. The zero-order valence-corrected chi connectivity index (χ0v) is 15.1. The van der Waals surface area contributed by atoms with E-state index in [2.05, 4.69) is 5.32 Å². The van der Waals surface area contributed by atoms with Crippen molar-refractivity contribution in [2.45, 2.75) is 25.5 Å². The molecule has 0 radical (unpaired) electrons. The van der Waals surface area contributed by atoms with Gasteiger partial charge in [0.25, 0.3) is 5.91 Å². The third kappa shape index (κ3) is 3.93. The molecule has 1 aliphatic heterocycles. The molecule has 6 nitrogen and oxygen atoms in total. The van der Waals surface area contributed by atoms with Crippen LogP contribution in [0.4, 0.5) is 9.18 Å². The van der Waals surface area contributed by atoms with Crippen LogP contribution in [-0.4, -0.2) is 41.2 Å². The molecule has 2 aromatic rings. The fourth-order valence-corrected chi connectivity index (χ4v) is 2.93. The van der Waals surface area contributed by atoms with Crippen molar-refractivity contribution in [3.63, 3.8) is 0 Å². The van der Waals surface area contributed by atoms with Crippen LogP contribution < -0.4 is 10.1 Å². The van der Waals surface area contributed by atoms with Gasteiger partial charge in [-0.15, -0.1) is 0 Å². The van der Waals surface area contributed by atoms with Crippen LogP contribution in [0.25, 0.3) is 0 Å². The maximum absolute atomic E-state index is 12.9. The Balaban J connectivity index is 1.64. The number of carbonyl (C=O) groups is 2. The summed E-state index contributed by atoms with van der Waals surface area (Å²) in [5, 5.41) is 12.9. The van der Waals surface area contributed by atoms with Crippen LogP contribution in [0, 0.1) is 12.7 Å². The fourth-order valence-electron chi connectivity index (χ4n) is 2.93. The first-order valence-corrected chi connectivity index (χ1v) is 8.57. The summed E-state index contributed by atoms with van der Waals surface area (Å²) in [6, 6.07) is 12.1. The number of nitrogens with zero attached hydrogens (tertiary/aromatic N) is 1. The lowest BCUT2D eigenvalue weighted by molar-refractivity contribution is -0.132. The first-order chi connectivity index (χ1) is 12.8. The molecule has 7 heteroatoms. The van der Waals surface area contributed by atoms with Gasteiger partial charge < -0.3 is 15.2 Å². The Morgan fingerprint density at radius 1 is 1.15 bits per heavy atom. The summed E-state index contributed by atoms with van der Waals surface area (Å²) in [6.45, 7) is 3.24. The van der Waals surface area contributed by atoms with Crippen molar-refractivity contribution < 1.29 is 23.8 Å². The number of benzene rings is 2. The van der Waals surface area contributed by atoms with Crippen molar-refractivity contribution >= 4 is 11.9 Å². The van der Waals surface area contributed by atoms with Gasteiger partial charge in [-0.05, 0) is 43.7 Å². The topological polar surface area (TPSA) is 78.9 Å². The molecule has 2 atom stereocenters. The van der Waals surface area contributed by atoms with E-state index in [4.69, 9.17) is 4.74 Å². The van der Waals surface area contributed by atoms with Crippen LogP contribution in [0.15, 0.2) is 48.5 Å². The molecule has 0 aliphatic carbocycles. The maximum atomic E-state index is 12.9. The molecule has 1 heterocycles. The zero-order chi connectivity index (χ0) is 19.6. The van der Waals surface area contributed by atoms with Crippen LogP contribution in [0.5, 0.6) is 5.75 Å². The number of halogens is 1. The smallest absolute Gasteiger partial charge is 0.325 e. The Kier molecular flexibility index (Phi) is 5.14. The molecule has 142 valence electrons. The van der Waals surface area contributed by atoms with Crippen molar-refractivity contribution in [2.75, 3.05) is 13.2 Å². The highest BCUT2D eigenvalue weighted by Gasteiger charge is 2.49. The summed E-state index contributed by atoms with van der Waals surface area (Å²) in [5.74, 6) is -0.438. The van der Waals surface area contributed by atoms with Gasteiger partial charge in [0, 0.05) is 0 Å². The highest BCUT2D eigenvalue weighted by Crippen LogP contribution is 2.29. The predicted octanol–water partition coefficient (Wildman–Crippen LogP) is 2.34. The lowest BCUT2D eigenvalue weighted by Gasteiger charge is -2.23. The highest BCUT2D eigenvalue weighted by atomic mass is 19.1. The van der Waals surface area contributed by atoms with E-state index in [1.54, 1.807) is 19.1 Å². The van der Waals surface area contributed by atoms with Crippen LogP contribution in [0.1, 0.15) is 18.1 Å². The molecule has 3 rings (SSSR count). The third-order valence-electron chi connectivity index (χ3n) is 4.55. The molecule has 0 saturated carbocycles. The number of hydrogen-bond donors (Lipinski definition) is 2.